The summed E-state index contributed by atoms with van der Waals surface area (Å²) in [5.74, 6) is -2.39. The number of nitro benzene ring substituents is 1. The molecule has 0 spiro atoms. The average Bonchev–Trinajstić information content (AvgIpc) is 3.35. The highest BCUT2D eigenvalue weighted by Crippen LogP contribution is 2.34. The van der Waals surface area contributed by atoms with Crippen LogP contribution in [0.2, 0.25) is 0 Å². The molecule has 43 heavy (non-hydrogen) atoms. The van der Waals surface area contributed by atoms with E-state index in [-0.39, 0.29) is 28.1 Å². The number of benzene rings is 4. The summed E-state index contributed by atoms with van der Waals surface area (Å²) >= 11 is 0. The maximum absolute atomic E-state index is 13.2. The van der Waals surface area contributed by atoms with Crippen LogP contribution in [0.5, 0.6) is 5.75 Å². The summed E-state index contributed by atoms with van der Waals surface area (Å²) in [6.07, 6.45) is -5.42. The maximum atomic E-state index is 13.2. The second-order valence-electron chi connectivity index (χ2n) is 9.32. The molecule has 11 heteroatoms. The van der Waals surface area contributed by atoms with Crippen LogP contribution in [0.3, 0.4) is 0 Å². The fraction of sp³-hybridized carbons (Fsp3) is 0.156. The fourth-order valence-corrected chi connectivity index (χ4v) is 4.37. The van der Waals surface area contributed by atoms with Gasteiger partial charge in [-0.25, -0.2) is 14.4 Å². The summed E-state index contributed by atoms with van der Waals surface area (Å²) in [6, 6.07) is 29.9. The molecule has 218 valence electrons. The number of carbonyl (C=O) groups excluding carboxylic acids is 3. The fourth-order valence-electron chi connectivity index (χ4n) is 4.37. The molecule has 0 unspecified atom stereocenters. The van der Waals surface area contributed by atoms with Crippen molar-refractivity contribution in [2.45, 2.75) is 24.6 Å². The van der Waals surface area contributed by atoms with Crippen LogP contribution in [0.1, 0.15) is 31.1 Å². The Balaban J connectivity index is 1.47. The van der Waals surface area contributed by atoms with Gasteiger partial charge >= 0.3 is 23.6 Å². The van der Waals surface area contributed by atoms with Crippen molar-refractivity contribution in [3.05, 3.63) is 142 Å². The van der Waals surface area contributed by atoms with E-state index >= 15 is 0 Å². The van der Waals surface area contributed by atoms with E-state index in [1.54, 1.807) is 66.7 Å². The highest BCUT2D eigenvalue weighted by molar-refractivity contribution is 5.91. The first-order valence-corrected chi connectivity index (χ1v) is 13.2. The first kappa shape index (κ1) is 29.0. The lowest BCUT2D eigenvalue weighted by Gasteiger charge is -2.24. The minimum atomic E-state index is -1.48. The molecule has 1 heterocycles. The lowest BCUT2D eigenvalue weighted by Crippen LogP contribution is -2.43. The second-order valence-corrected chi connectivity index (χ2v) is 9.32. The van der Waals surface area contributed by atoms with Gasteiger partial charge < -0.3 is 23.7 Å². The Kier molecular flexibility index (Phi) is 9.03. The summed E-state index contributed by atoms with van der Waals surface area (Å²) in [5.41, 5.74) is 0.312. The molecule has 1 saturated heterocycles. The molecule has 0 saturated carbocycles. The van der Waals surface area contributed by atoms with E-state index in [1.807, 2.05) is 0 Å². The smallest absolute Gasteiger partial charge is 0.338 e. The van der Waals surface area contributed by atoms with Crippen LogP contribution in [-0.2, 0) is 18.9 Å². The van der Waals surface area contributed by atoms with Gasteiger partial charge in [0.15, 0.2) is 11.9 Å². The normalized spacial score (nSPS) is 19.2. The number of hydrogen-bond acceptors (Lipinski definition) is 10. The van der Waals surface area contributed by atoms with Crippen molar-refractivity contribution in [3.8, 4) is 5.75 Å². The quantitative estimate of drug-likeness (QED) is 0.108. The Labute approximate surface area is 245 Å². The monoisotopic (exact) mass is 583 g/mol. The van der Waals surface area contributed by atoms with Gasteiger partial charge in [-0.05, 0) is 42.5 Å². The number of nitrogens with zero attached hydrogens (tertiary/aromatic N) is 1. The number of nitro groups is 1. The topological polar surface area (TPSA) is 141 Å². The van der Waals surface area contributed by atoms with Crippen LogP contribution >= 0.6 is 0 Å². The van der Waals surface area contributed by atoms with Gasteiger partial charge in [-0.15, -0.1) is 0 Å². The zero-order valence-electron chi connectivity index (χ0n) is 22.5. The molecular weight excluding hydrogens is 558 g/mol. The molecule has 0 bridgehead atoms. The Morgan fingerprint density at radius 1 is 0.651 bits per heavy atom. The van der Waals surface area contributed by atoms with Gasteiger partial charge in [0.2, 0.25) is 12.4 Å². The Morgan fingerprint density at radius 3 is 1.65 bits per heavy atom. The Morgan fingerprint density at radius 2 is 1.12 bits per heavy atom. The van der Waals surface area contributed by atoms with Crippen LogP contribution in [0, 0.1) is 10.1 Å². The Hall–Kier alpha value is -5.55. The summed E-state index contributed by atoms with van der Waals surface area (Å²) in [6.45, 7) is -0.420. The van der Waals surface area contributed by atoms with Crippen LogP contribution in [0.25, 0.3) is 0 Å². The van der Waals surface area contributed by atoms with Gasteiger partial charge in [-0.2, -0.15) is 0 Å². The first-order valence-electron chi connectivity index (χ1n) is 13.2. The van der Waals surface area contributed by atoms with Gasteiger partial charge in [-0.3, -0.25) is 10.1 Å². The molecule has 0 N–H and O–H groups in total. The molecule has 0 aromatic heterocycles. The standard InChI is InChI=1S/C32H25NO10/c34-29(21-12-4-1-5-13-21)39-20-26-27(42-30(35)22-14-6-2-7-15-22)28(43-31(36)23-16-8-3-9-17-23)32(41-26)40-25-19-11-10-18-24(25)33(37)38/h1-19,26-28,32H,20H2/t26-,27-,28-,32+/m1/s1. The molecule has 5 rings (SSSR count). The summed E-state index contributed by atoms with van der Waals surface area (Å²) in [4.78, 5) is 50.1. The third-order valence-electron chi connectivity index (χ3n) is 6.47. The molecule has 0 radical (unpaired) electrons. The molecule has 4 aromatic rings. The molecule has 11 nitrogen and oxygen atoms in total. The zero-order chi connectivity index (χ0) is 30.2. The van der Waals surface area contributed by atoms with Gasteiger partial charge in [0.05, 0.1) is 21.6 Å². The molecule has 1 fully saturated rings. The van der Waals surface area contributed by atoms with Crippen molar-refractivity contribution in [2.75, 3.05) is 6.61 Å². The molecule has 1 aliphatic rings. The van der Waals surface area contributed by atoms with Gasteiger partial charge in [0, 0.05) is 6.07 Å². The van der Waals surface area contributed by atoms with Crippen molar-refractivity contribution in [1.82, 2.24) is 0 Å². The third-order valence-corrected chi connectivity index (χ3v) is 6.47. The van der Waals surface area contributed by atoms with Gasteiger partial charge in [-0.1, -0.05) is 66.7 Å². The molecule has 1 aliphatic heterocycles. The van der Waals surface area contributed by atoms with Crippen molar-refractivity contribution in [2.24, 2.45) is 0 Å². The van der Waals surface area contributed by atoms with Crippen molar-refractivity contribution < 1.29 is 43.0 Å². The average molecular weight is 584 g/mol. The SMILES string of the molecule is O=C(OC[C@H]1O[C@H](Oc2ccccc2[N+](=O)[O-])[C@H](OC(=O)c2ccccc2)[C@@H]1OC(=O)c1ccccc1)c1ccccc1. The molecule has 0 amide bonds. The van der Waals surface area contributed by atoms with Crippen LogP contribution in [0.4, 0.5) is 5.69 Å². The van der Waals surface area contributed by atoms with Crippen LogP contribution in [-0.4, -0.2) is 54.0 Å². The third kappa shape index (κ3) is 7.03. The van der Waals surface area contributed by atoms with Crippen molar-refractivity contribution in [1.29, 1.82) is 0 Å². The van der Waals surface area contributed by atoms with E-state index in [0.717, 1.165) is 0 Å². The lowest BCUT2D eigenvalue weighted by molar-refractivity contribution is -0.386. The lowest BCUT2D eigenvalue weighted by atomic mass is 10.1. The number of ether oxygens (including phenoxy) is 5. The maximum Gasteiger partial charge on any atom is 0.338 e. The number of para-hydroxylation sites is 2. The minimum Gasteiger partial charge on any atom is -0.459 e. The largest absolute Gasteiger partial charge is 0.459 e. The summed E-state index contributed by atoms with van der Waals surface area (Å²) < 4.78 is 28.9. The van der Waals surface area contributed by atoms with E-state index in [1.165, 1.54) is 48.5 Å². The molecular formula is C32H25NO10. The van der Waals surface area contributed by atoms with E-state index in [4.69, 9.17) is 23.7 Å². The van der Waals surface area contributed by atoms with Crippen molar-refractivity contribution in [3.63, 3.8) is 0 Å². The molecule has 0 aliphatic carbocycles. The second kappa shape index (κ2) is 13.4. The van der Waals surface area contributed by atoms with Crippen LogP contribution in [0.15, 0.2) is 115 Å². The predicted molar refractivity (Wildman–Crippen MR) is 150 cm³/mol. The predicted octanol–water partition coefficient (Wildman–Crippen LogP) is 5.01. The highest BCUT2D eigenvalue weighted by Gasteiger charge is 2.52. The van der Waals surface area contributed by atoms with Crippen LogP contribution < -0.4 is 4.74 Å². The minimum absolute atomic E-state index is 0.173. The molecule has 4 aromatic carbocycles. The van der Waals surface area contributed by atoms with E-state index in [2.05, 4.69) is 0 Å². The number of esters is 3. The number of hydrogen-bond donors (Lipinski definition) is 0. The number of carbonyl (C=O) groups is 3. The van der Waals surface area contributed by atoms with E-state index in [9.17, 15) is 24.5 Å². The Bertz CT molecular complexity index is 1580. The highest BCUT2D eigenvalue weighted by atomic mass is 16.7. The summed E-state index contributed by atoms with van der Waals surface area (Å²) in [5, 5.41) is 11.7. The molecule has 4 atom stereocenters. The van der Waals surface area contributed by atoms with Crippen molar-refractivity contribution >= 4 is 23.6 Å². The summed E-state index contributed by atoms with van der Waals surface area (Å²) in [7, 11) is 0. The van der Waals surface area contributed by atoms with E-state index in [0.29, 0.717) is 0 Å². The zero-order valence-corrected chi connectivity index (χ0v) is 22.5. The van der Waals surface area contributed by atoms with Gasteiger partial charge in [0.25, 0.3) is 0 Å². The van der Waals surface area contributed by atoms with Gasteiger partial charge in [0.1, 0.15) is 12.7 Å². The number of rotatable bonds is 10. The first-order chi connectivity index (χ1) is 20.9. The van der Waals surface area contributed by atoms with E-state index < -0.39 is 54.0 Å².